The van der Waals surface area contributed by atoms with Crippen molar-refractivity contribution in [3.8, 4) is 17.3 Å². The van der Waals surface area contributed by atoms with Crippen LogP contribution in [0.15, 0.2) is 30.7 Å². The van der Waals surface area contributed by atoms with E-state index in [1.165, 1.54) is 0 Å². The standard InChI is InChI=1S/C22H27N7O2/c1-14(15-9-20(30)25-11-15)31-22-21-19(26-13-28(21)2)10-18(27-22)17-4-3-16(12-24-17)29-7-5-23-6-8-29/h3-4,10,12-15,23H,5-9,11H2,1-2H3,(H,25,30)/t14-,15-/m1/s1. The predicted octanol–water partition coefficient (Wildman–Crippen LogP) is 1.34. The number of carbonyl (C=O) groups excluding carboxylic acids is 1. The molecular formula is C22H27N7O2. The van der Waals surface area contributed by atoms with Gasteiger partial charge in [0.15, 0.2) is 0 Å². The molecule has 31 heavy (non-hydrogen) atoms. The minimum atomic E-state index is -0.150. The van der Waals surface area contributed by atoms with Gasteiger partial charge in [0, 0.05) is 52.1 Å². The average molecular weight is 422 g/mol. The highest BCUT2D eigenvalue weighted by molar-refractivity contribution is 5.84. The predicted molar refractivity (Wildman–Crippen MR) is 118 cm³/mol. The lowest BCUT2D eigenvalue weighted by Crippen LogP contribution is -2.43. The Kier molecular flexibility index (Phi) is 5.19. The van der Waals surface area contributed by atoms with Crippen LogP contribution in [0.4, 0.5) is 5.69 Å². The molecule has 0 spiro atoms. The maximum atomic E-state index is 11.6. The molecule has 0 aromatic carbocycles. The number of hydrogen-bond acceptors (Lipinski definition) is 7. The summed E-state index contributed by atoms with van der Waals surface area (Å²) in [6, 6.07) is 6.04. The van der Waals surface area contributed by atoms with E-state index in [0.717, 1.165) is 54.3 Å². The van der Waals surface area contributed by atoms with Crippen LogP contribution >= 0.6 is 0 Å². The molecule has 0 unspecified atom stereocenters. The van der Waals surface area contributed by atoms with Gasteiger partial charge in [-0.2, -0.15) is 0 Å². The van der Waals surface area contributed by atoms with Gasteiger partial charge >= 0.3 is 0 Å². The number of imidazole rings is 1. The molecule has 0 aliphatic carbocycles. The number of aromatic nitrogens is 4. The molecule has 162 valence electrons. The van der Waals surface area contributed by atoms with Gasteiger partial charge in [-0.3, -0.25) is 9.78 Å². The maximum Gasteiger partial charge on any atom is 0.241 e. The lowest BCUT2D eigenvalue weighted by molar-refractivity contribution is -0.119. The highest BCUT2D eigenvalue weighted by Crippen LogP contribution is 2.30. The number of pyridine rings is 2. The molecule has 5 heterocycles. The topological polar surface area (TPSA) is 97.2 Å². The number of rotatable bonds is 5. The molecule has 0 radical (unpaired) electrons. The Morgan fingerprint density at radius 2 is 2.03 bits per heavy atom. The largest absolute Gasteiger partial charge is 0.473 e. The van der Waals surface area contributed by atoms with Crippen LogP contribution in [0.3, 0.4) is 0 Å². The van der Waals surface area contributed by atoms with Crippen LogP contribution in [0.5, 0.6) is 5.88 Å². The minimum absolute atomic E-state index is 0.0709. The summed E-state index contributed by atoms with van der Waals surface area (Å²) >= 11 is 0. The molecular weight excluding hydrogens is 394 g/mol. The summed E-state index contributed by atoms with van der Waals surface area (Å²) in [5.41, 5.74) is 4.27. The normalized spacial score (nSPS) is 20.1. The van der Waals surface area contributed by atoms with E-state index >= 15 is 0 Å². The van der Waals surface area contributed by atoms with Crippen molar-refractivity contribution in [2.75, 3.05) is 37.6 Å². The number of ether oxygens (including phenoxy) is 1. The molecule has 9 heteroatoms. The molecule has 1 amide bonds. The summed E-state index contributed by atoms with van der Waals surface area (Å²) in [4.78, 5) is 27.9. The first-order valence-corrected chi connectivity index (χ1v) is 10.8. The molecule has 5 rings (SSSR count). The molecule has 2 atom stereocenters. The Labute approximate surface area is 180 Å². The van der Waals surface area contributed by atoms with Gasteiger partial charge in [0.25, 0.3) is 0 Å². The lowest BCUT2D eigenvalue weighted by atomic mass is 10.0. The SMILES string of the molecule is C[C@@H](Oc1nc(-c2ccc(N3CCNCC3)cn2)cc2ncn(C)c12)[C@H]1CNC(=O)C1. The first kappa shape index (κ1) is 19.7. The fourth-order valence-electron chi connectivity index (χ4n) is 4.23. The van der Waals surface area contributed by atoms with E-state index in [-0.39, 0.29) is 17.9 Å². The minimum Gasteiger partial charge on any atom is -0.473 e. The fourth-order valence-corrected chi connectivity index (χ4v) is 4.23. The van der Waals surface area contributed by atoms with Crippen molar-refractivity contribution in [2.45, 2.75) is 19.4 Å². The molecule has 3 aromatic rings. The molecule has 2 aliphatic heterocycles. The summed E-state index contributed by atoms with van der Waals surface area (Å²) < 4.78 is 8.18. The zero-order valence-electron chi connectivity index (χ0n) is 17.8. The molecule has 2 N–H and O–H groups in total. The van der Waals surface area contributed by atoms with E-state index in [9.17, 15) is 4.79 Å². The number of amides is 1. The van der Waals surface area contributed by atoms with Gasteiger partial charge in [0.2, 0.25) is 11.8 Å². The third-order valence-electron chi connectivity index (χ3n) is 6.13. The van der Waals surface area contributed by atoms with Crippen LogP contribution in [0.2, 0.25) is 0 Å². The monoisotopic (exact) mass is 421 g/mol. The maximum absolute atomic E-state index is 11.6. The number of nitrogens with one attached hydrogen (secondary N) is 2. The number of piperazine rings is 1. The van der Waals surface area contributed by atoms with Crippen molar-refractivity contribution in [3.05, 3.63) is 30.7 Å². The van der Waals surface area contributed by atoms with Crippen LogP contribution in [0, 0.1) is 5.92 Å². The Bertz CT molecular complexity index is 1090. The van der Waals surface area contributed by atoms with E-state index < -0.39 is 0 Å². The van der Waals surface area contributed by atoms with Gasteiger partial charge in [0.1, 0.15) is 11.6 Å². The van der Waals surface area contributed by atoms with E-state index in [4.69, 9.17) is 9.72 Å². The Morgan fingerprint density at radius 1 is 1.19 bits per heavy atom. The van der Waals surface area contributed by atoms with Gasteiger partial charge < -0.3 is 24.8 Å². The molecule has 0 saturated carbocycles. The first-order chi connectivity index (χ1) is 15.1. The van der Waals surface area contributed by atoms with Gasteiger partial charge in [-0.25, -0.2) is 9.97 Å². The highest BCUT2D eigenvalue weighted by Gasteiger charge is 2.29. The summed E-state index contributed by atoms with van der Waals surface area (Å²) in [5.74, 6) is 0.714. The third kappa shape index (κ3) is 3.93. The van der Waals surface area contributed by atoms with Gasteiger partial charge in [0.05, 0.1) is 35.1 Å². The van der Waals surface area contributed by atoms with Crippen molar-refractivity contribution >= 4 is 22.6 Å². The second-order valence-corrected chi connectivity index (χ2v) is 8.27. The van der Waals surface area contributed by atoms with E-state index in [1.54, 1.807) is 6.33 Å². The Balaban J connectivity index is 1.44. The lowest BCUT2D eigenvalue weighted by Gasteiger charge is -2.29. The van der Waals surface area contributed by atoms with E-state index in [2.05, 4.69) is 31.6 Å². The number of fused-ring (bicyclic) bond motifs is 1. The Hall–Kier alpha value is -3.20. The second kappa shape index (κ2) is 8.14. The molecule has 2 saturated heterocycles. The fraction of sp³-hybridized carbons (Fsp3) is 0.455. The summed E-state index contributed by atoms with van der Waals surface area (Å²) in [6.07, 6.45) is 3.99. The van der Waals surface area contributed by atoms with Crippen LogP contribution in [0.1, 0.15) is 13.3 Å². The average Bonchev–Trinajstić information content (AvgIpc) is 3.40. The van der Waals surface area contributed by atoms with E-state index in [0.29, 0.717) is 18.8 Å². The van der Waals surface area contributed by atoms with Gasteiger partial charge in [-0.15, -0.1) is 0 Å². The van der Waals surface area contributed by atoms with Crippen LogP contribution < -0.4 is 20.3 Å². The molecule has 2 aliphatic rings. The quantitative estimate of drug-likeness (QED) is 0.642. The molecule has 0 bridgehead atoms. The van der Waals surface area contributed by atoms with Crippen LogP contribution in [-0.2, 0) is 11.8 Å². The number of hydrogen-bond donors (Lipinski definition) is 2. The number of anilines is 1. The van der Waals surface area contributed by atoms with Crippen LogP contribution in [0.25, 0.3) is 22.4 Å². The van der Waals surface area contributed by atoms with Crippen molar-refractivity contribution in [1.29, 1.82) is 0 Å². The number of carbonyl (C=O) groups is 1. The van der Waals surface area contributed by atoms with Crippen molar-refractivity contribution in [3.63, 3.8) is 0 Å². The zero-order valence-corrected chi connectivity index (χ0v) is 17.8. The summed E-state index contributed by atoms with van der Waals surface area (Å²) in [6.45, 7) is 6.55. The second-order valence-electron chi connectivity index (χ2n) is 8.27. The molecule has 3 aromatic heterocycles. The smallest absolute Gasteiger partial charge is 0.241 e. The molecule has 9 nitrogen and oxygen atoms in total. The zero-order chi connectivity index (χ0) is 21.4. The van der Waals surface area contributed by atoms with Crippen LogP contribution in [-0.4, -0.2) is 64.3 Å². The van der Waals surface area contributed by atoms with Gasteiger partial charge in [-0.1, -0.05) is 0 Å². The summed E-state index contributed by atoms with van der Waals surface area (Å²) in [7, 11) is 1.93. The highest BCUT2D eigenvalue weighted by atomic mass is 16.5. The first-order valence-electron chi connectivity index (χ1n) is 10.8. The van der Waals surface area contributed by atoms with Crippen molar-refractivity contribution in [1.82, 2.24) is 30.2 Å². The van der Waals surface area contributed by atoms with Crippen molar-refractivity contribution in [2.24, 2.45) is 13.0 Å². The van der Waals surface area contributed by atoms with E-state index in [1.807, 2.05) is 36.9 Å². The Morgan fingerprint density at radius 3 is 2.74 bits per heavy atom. The third-order valence-corrected chi connectivity index (χ3v) is 6.13. The summed E-state index contributed by atoms with van der Waals surface area (Å²) in [5, 5.41) is 6.24. The number of aryl methyl sites for hydroxylation is 1. The van der Waals surface area contributed by atoms with Gasteiger partial charge in [-0.05, 0) is 25.1 Å². The molecule has 2 fully saturated rings. The number of nitrogens with zero attached hydrogens (tertiary/aromatic N) is 5. The van der Waals surface area contributed by atoms with Crippen molar-refractivity contribution < 1.29 is 9.53 Å².